The lowest BCUT2D eigenvalue weighted by molar-refractivity contribution is 0.302. The molecule has 0 spiro atoms. The number of benzene rings is 2. The summed E-state index contributed by atoms with van der Waals surface area (Å²) in [6.07, 6.45) is 1.69. The Kier molecular flexibility index (Phi) is 4.31. The highest BCUT2D eigenvalue weighted by Gasteiger charge is 2.05. The minimum Gasteiger partial charge on any atom is -0.489 e. The molecule has 3 heteroatoms. The van der Waals surface area contributed by atoms with Gasteiger partial charge in [-0.25, -0.2) is 4.39 Å². The minimum absolute atomic E-state index is 0.281. The van der Waals surface area contributed by atoms with Crippen molar-refractivity contribution in [1.82, 2.24) is 0 Å². The average molecular weight is 257 g/mol. The van der Waals surface area contributed by atoms with Gasteiger partial charge in [-0.3, -0.25) is 0 Å². The first kappa shape index (κ1) is 13.3. The quantitative estimate of drug-likeness (QED) is 0.889. The van der Waals surface area contributed by atoms with Crippen LogP contribution in [0.3, 0.4) is 0 Å². The molecule has 0 saturated heterocycles. The fourth-order valence-corrected chi connectivity index (χ4v) is 1.87. The highest BCUT2D eigenvalue weighted by molar-refractivity contribution is 5.51. The SMILES string of the molecule is C=Cc1ccc(F)cc1COc1ccccc1CN. The van der Waals surface area contributed by atoms with Crippen LogP contribution in [0.4, 0.5) is 4.39 Å². The molecule has 19 heavy (non-hydrogen) atoms. The van der Waals surface area contributed by atoms with E-state index >= 15 is 0 Å². The van der Waals surface area contributed by atoms with Crippen molar-refractivity contribution in [3.05, 3.63) is 71.6 Å². The van der Waals surface area contributed by atoms with Gasteiger partial charge in [0, 0.05) is 12.1 Å². The van der Waals surface area contributed by atoms with Gasteiger partial charge >= 0.3 is 0 Å². The van der Waals surface area contributed by atoms with Gasteiger partial charge in [-0.2, -0.15) is 0 Å². The van der Waals surface area contributed by atoms with Gasteiger partial charge < -0.3 is 10.5 Å². The van der Waals surface area contributed by atoms with Crippen LogP contribution in [0.1, 0.15) is 16.7 Å². The monoisotopic (exact) mass is 257 g/mol. The van der Waals surface area contributed by atoms with Crippen molar-refractivity contribution in [2.75, 3.05) is 0 Å². The van der Waals surface area contributed by atoms with Crippen LogP contribution < -0.4 is 10.5 Å². The van der Waals surface area contributed by atoms with Crippen LogP contribution in [0, 0.1) is 5.82 Å². The molecule has 0 saturated carbocycles. The van der Waals surface area contributed by atoms with Gasteiger partial charge in [0.1, 0.15) is 18.2 Å². The molecular formula is C16H16FNO. The Morgan fingerprint density at radius 1 is 1.16 bits per heavy atom. The van der Waals surface area contributed by atoms with Gasteiger partial charge in [-0.15, -0.1) is 0 Å². The normalized spacial score (nSPS) is 10.2. The summed E-state index contributed by atoms with van der Waals surface area (Å²) in [5.74, 6) is 0.445. The van der Waals surface area contributed by atoms with Crippen molar-refractivity contribution in [1.29, 1.82) is 0 Å². The lowest BCUT2D eigenvalue weighted by Gasteiger charge is -2.12. The average Bonchev–Trinajstić information content (AvgIpc) is 2.45. The second-order valence-corrected chi connectivity index (χ2v) is 4.15. The van der Waals surface area contributed by atoms with Crippen LogP contribution in [0.25, 0.3) is 6.08 Å². The Hall–Kier alpha value is -2.13. The van der Waals surface area contributed by atoms with E-state index < -0.39 is 0 Å². The zero-order valence-corrected chi connectivity index (χ0v) is 10.6. The van der Waals surface area contributed by atoms with Crippen LogP contribution in [0.2, 0.25) is 0 Å². The van der Waals surface area contributed by atoms with E-state index in [1.54, 1.807) is 12.1 Å². The Morgan fingerprint density at radius 3 is 2.68 bits per heavy atom. The summed E-state index contributed by atoms with van der Waals surface area (Å²) in [5.41, 5.74) is 8.21. The number of para-hydroxylation sites is 1. The summed E-state index contributed by atoms with van der Waals surface area (Å²) in [4.78, 5) is 0. The van der Waals surface area contributed by atoms with Gasteiger partial charge in [-0.1, -0.05) is 36.9 Å². The predicted octanol–water partition coefficient (Wildman–Crippen LogP) is 3.51. The molecular weight excluding hydrogens is 241 g/mol. The summed E-state index contributed by atoms with van der Waals surface area (Å²) >= 11 is 0. The maximum Gasteiger partial charge on any atom is 0.124 e. The van der Waals surface area contributed by atoms with Gasteiger partial charge in [0.25, 0.3) is 0 Å². The van der Waals surface area contributed by atoms with Crippen molar-refractivity contribution in [3.63, 3.8) is 0 Å². The number of ether oxygens (including phenoxy) is 1. The van der Waals surface area contributed by atoms with Crippen LogP contribution in [0.15, 0.2) is 49.0 Å². The van der Waals surface area contributed by atoms with E-state index in [-0.39, 0.29) is 12.4 Å². The fourth-order valence-electron chi connectivity index (χ4n) is 1.87. The number of rotatable bonds is 5. The number of hydrogen-bond acceptors (Lipinski definition) is 2. The maximum absolute atomic E-state index is 13.2. The third-order valence-corrected chi connectivity index (χ3v) is 2.90. The number of nitrogens with two attached hydrogens (primary N) is 1. The van der Waals surface area contributed by atoms with E-state index in [1.807, 2.05) is 24.3 Å². The Bertz CT molecular complexity index is 581. The predicted molar refractivity (Wildman–Crippen MR) is 75.2 cm³/mol. The molecule has 2 N–H and O–H groups in total. The third-order valence-electron chi connectivity index (χ3n) is 2.90. The van der Waals surface area contributed by atoms with Crippen LogP contribution in [0.5, 0.6) is 5.75 Å². The van der Waals surface area contributed by atoms with E-state index in [0.717, 1.165) is 22.4 Å². The van der Waals surface area contributed by atoms with Crippen LogP contribution >= 0.6 is 0 Å². The molecule has 0 heterocycles. The van der Waals surface area contributed by atoms with Gasteiger partial charge in [-0.05, 0) is 29.3 Å². The molecule has 0 unspecified atom stereocenters. The zero-order chi connectivity index (χ0) is 13.7. The second kappa shape index (κ2) is 6.16. The van der Waals surface area contributed by atoms with Gasteiger partial charge in [0.05, 0.1) is 0 Å². The van der Waals surface area contributed by atoms with E-state index in [0.29, 0.717) is 6.54 Å². The molecule has 0 bridgehead atoms. The van der Waals surface area contributed by atoms with Crippen LogP contribution in [-0.4, -0.2) is 0 Å². The Balaban J connectivity index is 2.18. The van der Waals surface area contributed by atoms with Crippen LogP contribution in [-0.2, 0) is 13.2 Å². The Morgan fingerprint density at radius 2 is 1.95 bits per heavy atom. The highest BCUT2D eigenvalue weighted by Crippen LogP contribution is 2.20. The number of hydrogen-bond donors (Lipinski definition) is 1. The van der Waals surface area contributed by atoms with Crippen molar-refractivity contribution in [2.24, 2.45) is 5.73 Å². The molecule has 0 aliphatic carbocycles. The van der Waals surface area contributed by atoms with Crippen molar-refractivity contribution < 1.29 is 9.13 Å². The lowest BCUT2D eigenvalue weighted by atomic mass is 10.1. The molecule has 0 amide bonds. The largest absolute Gasteiger partial charge is 0.489 e. The molecule has 0 radical (unpaired) electrons. The minimum atomic E-state index is -0.281. The molecule has 2 rings (SSSR count). The third kappa shape index (κ3) is 3.20. The molecule has 0 aliphatic heterocycles. The molecule has 98 valence electrons. The molecule has 0 fully saturated rings. The lowest BCUT2D eigenvalue weighted by Crippen LogP contribution is -2.03. The molecule has 2 aromatic carbocycles. The molecule has 0 atom stereocenters. The molecule has 2 aromatic rings. The fraction of sp³-hybridized carbons (Fsp3) is 0.125. The van der Waals surface area contributed by atoms with Gasteiger partial charge in [0.15, 0.2) is 0 Å². The maximum atomic E-state index is 13.2. The molecule has 2 nitrogen and oxygen atoms in total. The molecule has 0 aromatic heterocycles. The van der Waals surface area contributed by atoms with E-state index in [1.165, 1.54) is 12.1 Å². The standard InChI is InChI=1S/C16H16FNO/c1-2-12-7-8-15(17)9-14(12)11-19-16-6-4-3-5-13(16)10-18/h2-9H,1,10-11,18H2. The van der Waals surface area contributed by atoms with Crippen molar-refractivity contribution >= 4 is 6.08 Å². The first-order valence-electron chi connectivity index (χ1n) is 6.06. The summed E-state index contributed by atoms with van der Waals surface area (Å²) in [5, 5.41) is 0. The first-order chi connectivity index (χ1) is 9.24. The summed E-state index contributed by atoms with van der Waals surface area (Å²) < 4.78 is 19.0. The smallest absolute Gasteiger partial charge is 0.124 e. The van der Waals surface area contributed by atoms with Crippen molar-refractivity contribution in [2.45, 2.75) is 13.2 Å². The first-order valence-corrected chi connectivity index (χ1v) is 6.06. The number of halogens is 1. The van der Waals surface area contributed by atoms with Crippen molar-refractivity contribution in [3.8, 4) is 5.75 Å². The molecule has 0 aliphatic rings. The Labute approximate surface area is 112 Å². The van der Waals surface area contributed by atoms with E-state index in [4.69, 9.17) is 10.5 Å². The zero-order valence-electron chi connectivity index (χ0n) is 10.6. The topological polar surface area (TPSA) is 35.2 Å². The van der Waals surface area contributed by atoms with E-state index in [9.17, 15) is 4.39 Å². The summed E-state index contributed by atoms with van der Waals surface area (Å²) in [7, 11) is 0. The van der Waals surface area contributed by atoms with E-state index in [2.05, 4.69) is 6.58 Å². The highest BCUT2D eigenvalue weighted by atomic mass is 19.1. The summed E-state index contributed by atoms with van der Waals surface area (Å²) in [6.45, 7) is 4.41. The second-order valence-electron chi connectivity index (χ2n) is 4.15. The summed E-state index contributed by atoms with van der Waals surface area (Å²) in [6, 6.07) is 12.1. The van der Waals surface area contributed by atoms with Gasteiger partial charge in [0.2, 0.25) is 0 Å².